The lowest BCUT2D eigenvalue weighted by molar-refractivity contribution is 0.488. The number of hydrogen-bond acceptors (Lipinski definition) is 2. The lowest BCUT2D eigenvalue weighted by Gasteiger charge is -2.20. The molecule has 1 aromatic heterocycles. The number of hydrogen-bond donors (Lipinski definition) is 1. The fraction of sp³-hybridized carbons (Fsp3) is 0.438. The summed E-state index contributed by atoms with van der Waals surface area (Å²) in [5.41, 5.74) is 3.89. The van der Waals surface area contributed by atoms with Gasteiger partial charge in [-0.1, -0.05) is 36.8 Å². The van der Waals surface area contributed by atoms with Gasteiger partial charge in [-0.3, -0.25) is 4.68 Å². The van der Waals surface area contributed by atoms with Crippen molar-refractivity contribution in [1.29, 1.82) is 0 Å². The predicted molar refractivity (Wildman–Crippen MR) is 86.9 cm³/mol. The minimum Gasteiger partial charge on any atom is -0.309 e. The molecule has 3 nitrogen and oxygen atoms in total. The molecule has 2 aromatic rings. The predicted octanol–water partition coefficient (Wildman–Crippen LogP) is 3.87. The number of benzene rings is 1. The molecule has 0 saturated carbocycles. The van der Waals surface area contributed by atoms with Gasteiger partial charge in [-0.15, -0.1) is 0 Å². The van der Waals surface area contributed by atoms with E-state index in [2.05, 4.69) is 76.1 Å². The maximum absolute atomic E-state index is 4.43. The fourth-order valence-electron chi connectivity index (χ4n) is 2.56. The van der Waals surface area contributed by atoms with Crippen LogP contribution in [0.4, 0.5) is 0 Å². The van der Waals surface area contributed by atoms with Gasteiger partial charge in [0.05, 0.1) is 22.4 Å². The molecule has 0 aliphatic carbocycles. The topological polar surface area (TPSA) is 29.9 Å². The highest BCUT2D eigenvalue weighted by Crippen LogP contribution is 2.26. The molecule has 1 atom stereocenters. The van der Waals surface area contributed by atoms with Gasteiger partial charge in [-0.25, -0.2) is 0 Å². The van der Waals surface area contributed by atoms with E-state index in [4.69, 9.17) is 0 Å². The summed E-state index contributed by atoms with van der Waals surface area (Å²) >= 11 is 3.63. The molecule has 0 aliphatic heterocycles. The summed E-state index contributed by atoms with van der Waals surface area (Å²) in [6, 6.07) is 8.99. The van der Waals surface area contributed by atoms with Crippen LogP contribution in [-0.4, -0.2) is 16.3 Å². The molecule has 20 heavy (non-hydrogen) atoms. The summed E-state index contributed by atoms with van der Waals surface area (Å²) in [7, 11) is 0. The number of nitrogens with one attached hydrogen (secondary N) is 1. The van der Waals surface area contributed by atoms with Crippen molar-refractivity contribution in [2.24, 2.45) is 0 Å². The van der Waals surface area contributed by atoms with Crippen LogP contribution in [0.3, 0.4) is 0 Å². The molecule has 2 rings (SSSR count). The fourth-order valence-corrected chi connectivity index (χ4v) is 3.13. The van der Waals surface area contributed by atoms with E-state index >= 15 is 0 Å². The normalized spacial score (nSPS) is 12.6. The molecule has 0 radical (unpaired) electrons. The molecule has 108 valence electrons. The second-order valence-electron chi connectivity index (χ2n) is 5.00. The summed E-state index contributed by atoms with van der Waals surface area (Å²) in [6.07, 6.45) is 2.86. The Balaban J connectivity index is 2.29. The van der Waals surface area contributed by atoms with Crippen LogP contribution in [0.25, 0.3) is 0 Å². The molecule has 1 N–H and O–H groups in total. The lowest BCUT2D eigenvalue weighted by Crippen LogP contribution is -2.26. The highest BCUT2D eigenvalue weighted by atomic mass is 79.9. The van der Waals surface area contributed by atoms with E-state index in [-0.39, 0.29) is 6.04 Å². The van der Waals surface area contributed by atoms with E-state index in [1.165, 1.54) is 16.8 Å². The largest absolute Gasteiger partial charge is 0.309 e. The van der Waals surface area contributed by atoms with Crippen molar-refractivity contribution in [3.63, 3.8) is 0 Å². The molecule has 1 heterocycles. The average molecular weight is 336 g/mol. The van der Waals surface area contributed by atoms with Crippen molar-refractivity contribution >= 4 is 15.9 Å². The van der Waals surface area contributed by atoms with Gasteiger partial charge in [0.2, 0.25) is 0 Å². The first kappa shape index (κ1) is 15.3. The Hall–Kier alpha value is -1.13. The van der Waals surface area contributed by atoms with E-state index < -0.39 is 0 Å². The van der Waals surface area contributed by atoms with Crippen LogP contribution in [0.2, 0.25) is 0 Å². The van der Waals surface area contributed by atoms with E-state index in [1.807, 2.05) is 6.20 Å². The van der Waals surface area contributed by atoms with Gasteiger partial charge in [0.25, 0.3) is 0 Å². The van der Waals surface area contributed by atoms with Gasteiger partial charge in [0, 0.05) is 6.54 Å². The van der Waals surface area contributed by atoms with E-state index in [1.54, 1.807) is 0 Å². The molecule has 0 aliphatic rings. The van der Waals surface area contributed by atoms with Crippen molar-refractivity contribution < 1.29 is 0 Å². The van der Waals surface area contributed by atoms with E-state index in [0.29, 0.717) is 0 Å². The number of rotatable bonds is 6. The number of aryl methyl sites for hydroxylation is 2. The quantitative estimate of drug-likeness (QED) is 0.868. The van der Waals surface area contributed by atoms with Crippen molar-refractivity contribution in [1.82, 2.24) is 15.1 Å². The highest BCUT2D eigenvalue weighted by Gasteiger charge is 2.19. The second kappa shape index (κ2) is 7.04. The summed E-state index contributed by atoms with van der Waals surface area (Å²) in [6.45, 7) is 8.23. The van der Waals surface area contributed by atoms with Crippen molar-refractivity contribution in [2.45, 2.75) is 39.8 Å². The summed E-state index contributed by atoms with van der Waals surface area (Å²) < 4.78 is 3.14. The third-order valence-corrected chi connectivity index (χ3v) is 4.05. The molecular weight excluding hydrogens is 314 g/mol. The molecular formula is C16H22BrN3. The molecule has 0 saturated heterocycles. The minimum atomic E-state index is 0.277. The first-order valence-electron chi connectivity index (χ1n) is 7.15. The van der Waals surface area contributed by atoms with Gasteiger partial charge >= 0.3 is 0 Å². The Kier molecular flexibility index (Phi) is 5.38. The molecule has 0 fully saturated rings. The molecule has 4 heteroatoms. The Bertz CT molecular complexity index is 563. The van der Waals surface area contributed by atoms with E-state index in [9.17, 15) is 0 Å². The zero-order valence-corrected chi connectivity index (χ0v) is 13.9. The zero-order chi connectivity index (χ0) is 14.5. The highest BCUT2D eigenvalue weighted by molar-refractivity contribution is 9.10. The van der Waals surface area contributed by atoms with Crippen molar-refractivity contribution in [3.8, 4) is 0 Å². The molecule has 1 aromatic carbocycles. The zero-order valence-electron chi connectivity index (χ0n) is 12.4. The van der Waals surface area contributed by atoms with Crippen LogP contribution in [0.15, 0.2) is 34.9 Å². The molecule has 0 bridgehead atoms. The number of halogens is 1. The molecule has 1 unspecified atom stereocenters. The summed E-state index contributed by atoms with van der Waals surface area (Å²) in [5, 5.41) is 8.00. The van der Waals surface area contributed by atoms with E-state index in [0.717, 1.165) is 24.0 Å². The first-order chi connectivity index (χ1) is 9.65. The van der Waals surface area contributed by atoms with Gasteiger partial charge in [-0.05, 0) is 48.3 Å². The number of nitrogens with zero attached hydrogens (tertiary/aromatic N) is 2. The van der Waals surface area contributed by atoms with Gasteiger partial charge in [-0.2, -0.15) is 5.10 Å². The maximum atomic E-state index is 4.43. The van der Waals surface area contributed by atoms with Crippen LogP contribution in [0.5, 0.6) is 0 Å². The molecule has 0 amide bonds. The molecule has 0 spiro atoms. The van der Waals surface area contributed by atoms with Crippen LogP contribution in [0, 0.1) is 6.92 Å². The van der Waals surface area contributed by atoms with Crippen LogP contribution in [0.1, 0.15) is 36.7 Å². The van der Waals surface area contributed by atoms with Gasteiger partial charge < -0.3 is 5.32 Å². The average Bonchev–Trinajstić information content (AvgIpc) is 2.79. The summed E-state index contributed by atoms with van der Waals surface area (Å²) in [4.78, 5) is 0. The Morgan fingerprint density at radius 2 is 2.15 bits per heavy atom. The minimum absolute atomic E-state index is 0.277. The summed E-state index contributed by atoms with van der Waals surface area (Å²) in [5.74, 6) is 0. The first-order valence-corrected chi connectivity index (χ1v) is 7.95. The SMILES string of the molecule is CCNC(Cc1cccc(C)c1)c1c(Br)cnn1CC. The van der Waals surface area contributed by atoms with Gasteiger partial charge in [0.15, 0.2) is 0 Å². The van der Waals surface area contributed by atoms with Gasteiger partial charge in [0.1, 0.15) is 0 Å². The Morgan fingerprint density at radius 1 is 1.35 bits per heavy atom. The number of likely N-dealkylation sites (N-methyl/N-ethyl adjacent to an activating group) is 1. The smallest absolute Gasteiger partial charge is 0.0698 e. The third-order valence-electron chi connectivity index (χ3n) is 3.44. The lowest BCUT2D eigenvalue weighted by atomic mass is 10.0. The Morgan fingerprint density at radius 3 is 2.80 bits per heavy atom. The van der Waals surface area contributed by atoms with Crippen LogP contribution in [-0.2, 0) is 13.0 Å². The number of aromatic nitrogens is 2. The second-order valence-corrected chi connectivity index (χ2v) is 5.85. The monoisotopic (exact) mass is 335 g/mol. The Labute approximate surface area is 129 Å². The van der Waals surface area contributed by atoms with Crippen molar-refractivity contribution in [2.75, 3.05) is 6.54 Å². The maximum Gasteiger partial charge on any atom is 0.0698 e. The van der Waals surface area contributed by atoms with Crippen LogP contribution >= 0.6 is 15.9 Å². The van der Waals surface area contributed by atoms with Crippen LogP contribution < -0.4 is 5.32 Å². The van der Waals surface area contributed by atoms with Crippen molar-refractivity contribution in [3.05, 3.63) is 51.8 Å². The standard InChI is InChI=1S/C16H22BrN3/c1-4-18-15(10-13-8-6-7-12(3)9-13)16-14(17)11-19-20(16)5-2/h6-9,11,15,18H,4-5,10H2,1-3H3. The third kappa shape index (κ3) is 3.49.